The Balaban J connectivity index is 1.77. The highest BCUT2D eigenvalue weighted by Gasteiger charge is 2.27. The second-order valence-electron chi connectivity index (χ2n) is 8.11. The van der Waals surface area contributed by atoms with Crippen molar-refractivity contribution >= 4 is 58.1 Å². The summed E-state index contributed by atoms with van der Waals surface area (Å²) in [5, 5.41) is 7.39. The van der Waals surface area contributed by atoms with Gasteiger partial charge in [0.25, 0.3) is 11.8 Å². The Morgan fingerprint density at radius 3 is 2.61 bits per heavy atom. The van der Waals surface area contributed by atoms with Crippen molar-refractivity contribution in [1.82, 2.24) is 10.6 Å². The first-order valence-corrected chi connectivity index (χ1v) is 12.5. The summed E-state index contributed by atoms with van der Waals surface area (Å²) in [5.41, 5.74) is 0.115. The molecule has 1 aliphatic rings. The molecule has 1 fully saturated rings. The molecule has 1 aromatic heterocycles. The summed E-state index contributed by atoms with van der Waals surface area (Å²) < 4.78 is 41.3. The van der Waals surface area contributed by atoms with E-state index in [1.807, 2.05) is 0 Å². The topological polar surface area (TPSA) is 135 Å². The first-order valence-electron chi connectivity index (χ1n) is 11.3. The van der Waals surface area contributed by atoms with Gasteiger partial charge in [0.1, 0.15) is 12.6 Å². The number of carbonyl (C=O) groups is 4. The minimum absolute atomic E-state index is 0.0375. The molecule has 0 saturated carbocycles. The summed E-state index contributed by atoms with van der Waals surface area (Å²) in [7, 11) is 0. The quantitative estimate of drug-likeness (QED) is 0.396. The van der Waals surface area contributed by atoms with Gasteiger partial charge < -0.3 is 35.1 Å². The molecular weight excluding hydrogens is 550 g/mol. The predicted molar refractivity (Wildman–Crippen MR) is 135 cm³/mol. The van der Waals surface area contributed by atoms with E-state index in [4.69, 9.17) is 21.1 Å². The number of halogens is 3. The van der Waals surface area contributed by atoms with Crippen LogP contribution in [0.2, 0.25) is 4.34 Å². The van der Waals surface area contributed by atoms with Crippen molar-refractivity contribution in [3.63, 3.8) is 0 Å². The molecule has 0 radical (unpaired) electrons. The molecule has 0 bridgehead atoms. The Hall–Kier alpha value is -3.49. The van der Waals surface area contributed by atoms with Crippen molar-refractivity contribution in [2.24, 2.45) is 0 Å². The summed E-state index contributed by atoms with van der Waals surface area (Å²) >= 11 is 6.88. The van der Waals surface area contributed by atoms with Crippen LogP contribution in [0.4, 0.5) is 25.0 Å². The molecule has 15 heteroatoms. The Bertz CT molecular complexity index is 1180. The van der Waals surface area contributed by atoms with E-state index in [2.05, 4.69) is 20.7 Å². The fraction of sp³-hybridized carbons (Fsp3) is 0.391. The molecule has 0 spiro atoms. The number of carbonyl (C=O) groups excluding carboxylic acids is 4. The number of anilines is 2. The molecule has 1 atom stereocenters. The molecule has 4 amide bonds. The lowest BCUT2D eigenvalue weighted by molar-refractivity contribution is -0.125. The van der Waals surface area contributed by atoms with Gasteiger partial charge in [-0.25, -0.2) is 4.79 Å². The van der Waals surface area contributed by atoms with Gasteiger partial charge in [0.15, 0.2) is 5.75 Å². The molecule has 0 unspecified atom stereocenters. The highest BCUT2D eigenvalue weighted by atomic mass is 35.5. The maximum Gasteiger partial charge on any atom is 0.408 e. The lowest BCUT2D eigenvalue weighted by Crippen LogP contribution is -2.51. The third kappa shape index (κ3) is 8.26. The number of rotatable bonds is 10. The molecule has 11 nitrogen and oxygen atoms in total. The number of hydrogen-bond donors (Lipinski definition) is 3. The number of hydrogen-bond acceptors (Lipinski definition) is 8. The molecule has 1 aromatic carbocycles. The highest BCUT2D eigenvalue weighted by molar-refractivity contribution is 7.18. The van der Waals surface area contributed by atoms with E-state index < -0.39 is 42.6 Å². The number of alkyl halides is 2. The van der Waals surface area contributed by atoms with E-state index in [0.29, 0.717) is 9.21 Å². The second-order valence-corrected chi connectivity index (χ2v) is 9.83. The van der Waals surface area contributed by atoms with Gasteiger partial charge in [0, 0.05) is 24.8 Å². The average molecular weight is 575 g/mol. The summed E-state index contributed by atoms with van der Waals surface area (Å²) in [5.74, 6) is -2.10. The standard InChI is InChI=1S/C23H25ClF2N4O7S/c1-12(2)36-23(34)29-14(10-27-21(33)17-5-6-18(24)38-17)20(32)28-13-3-4-15(16(9-13)37-22(25)26)30-7-8-35-11-19(30)31/h3-6,9,12,14,22H,7-8,10-11H2,1-2H3,(H,27,33)(H,28,32)(H,29,34)/t14-/m0/s1. The average Bonchev–Trinajstić information content (AvgIpc) is 3.28. The predicted octanol–water partition coefficient (Wildman–Crippen LogP) is 3.24. The Kier molecular flexibility index (Phi) is 10.2. The Morgan fingerprint density at radius 2 is 1.97 bits per heavy atom. The zero-order valence-electron chi connectivity index (χ0n) is 20.3. The van der Waals surface area contributed by atoms with Gasteiger partial charge in [-0.15, -0.1) is 11.3 Å². The summed E-state index contributed by atoms with van der Waals surface area (Å²) in [6.07, 6.45) is -1.39. The number of ether oxygens (including phenoxy) is 3. The van der Waals surface area contributed by atoms with Crippen molar-refractivity contribution in [2.75, 3.05) is 36.5 Å². The zero-order chi connectivity index (χ0) is 27.8. The third-order valence-corrected chi connectivity index (χ3v) is 6.16. The van der Waals surface area contributed by atoms with Crippen LogP contribution in [0.25, 0.3) is 0 Å². The van der Waals surface area contributed by atoms with Crippen molar-refractivity contribution < 1.29 is 42.2 Å². The van der Waals surface area contributed by atoms with E-state index in [1.54, 1.807) is 13.8 Å². The van der Waals surface area contributed by atoms with Crippen LogP contribution in [0.5, 0.6) is 5.75 Å². The number of thiophene rings is 1. The van der Waals surface area contributed by atoms with Crippen molar-refractivity contribution in [2.45, 2.75) is 32.6 Å². The van der Waals surface area contributed by atoms with Gasteiger partial charge >= 0.3 is 12.7 Å². The van der Waals surface area contributed by atoms with E-state index >= 15 is 0 Å². The highest BCUT2D eigenvalue weighted by Crippen LogP contribution is 2.33. The van der Waals surface area contributed by atoms with Crippen LogP contribution in [0.15, 0.2) is 30.3 Å². The first-order chi connectivity index (χ1) is 18.0. The number of alkyl carbamates (subject to hydrolysis) is 1. The van der Waals surface area contributed by atoms with Crippen molar-refractivity contribution in [3.05, 3.63) is 39.5 Å². The van der Waals surface area contributed by atoms with Crippen LogP contribution in [0.1, 0.15) is 23.5 Å². The van der Waals surface area contributed by atoms with Crippen molar-refractivity contribution in [1.29, 1.82) is 0 Å². The third-order valence-electron chi connectivity index (χ3n) is 4.94. The van der Waals surface area contributed by atoms with Crippen LogP contribution < -0.4 is 25.6 Å². The van der Waals surface area contributed by atoms with Crippen LogP contribution in [-0.4, -0.2) is 68.9 Å². The minimum Gasteiger partial charge on any atom is -0.447 e. The maximum atomic E-state index is 13.1. The minimum atomic E-state index is -3.20. The van der Waals surface area contributed by atoms with Gasteiger partial charge in [-0.05, 0) is 38.1 Å². The summed E-state index contributed by atoms with van der Waals surface area (Å²) in [4.78, 5) is 51.3. The number of morpholine rings is 1. The number of nitrogens with one attached hydrogen (secondary N) is 3. The van der Waals surface area contributed by atoms with Gasteiger partial charge in [-0.2, -0.15) is 8.78 Å². The smallest absolute Gasteiger partial charge is 0.408 e. The van der Waals surface area contributed by atoms with Crippen molar-refractivity contribution in [3.8, 4) is 5.75 Å². The number of nitrogens with zero attached hydrogens (tertiary/aromatic N) is 1. The molecule has 206 valence electrons. The van der Waals surface area contributed by atoms with E-state index in [0.717, 1.165) is 17.4 Å². The summed E-state index contributed by atoms with van der Waals surface area (Å²) in [6, 6.07) is 5.58. The monoisotopic (exact) mass is 574 g/mol. The lowest BCUT2D eigenvalue weighted by Gasteiger charge is -2.28. The van der Waals surface area contributed by atoms with Crippen LogP contribution >= 0.6 is 22.9 Å². The molecule has 3 rings (SSSR count). The Morgan fingerprint density at radius 1 is 1.21 bits per heavy atom. The maximum absolute atomic E-state index is 13.1. The largest absolute Gasteiger partial charge is 0.447 e. The number of benzene rings is 1. The first kappa shape index (κ1) is 29.1. The van der Waals surface area contributed by atoms with Gasteiger partial charge in [0.2, 0.25) is 5.91 Å². The second kappa shape index (κ2) is 13.3. The van der Waals surface area contributed by atoms with E-state index in [1.165, 1.54) is 29.2 Å². The lowest BCUT2D eigenvalue weighted by atomic mass is 10.2. The molecule has 38 heavy (non-hydrogen) atoms. The fourth-order valence-corrected chi connectivity index (χ4v) is 4.28. The molecular formula is C23H25ClF2N4O7S. The van der Waals surface area contributed by atoms with E-state index in [-0.39, 0.29) is 43.4 Å². The molecule has 1 saturated heterocycles. The van der Waals surface area contributed by atoms with Gasteiger partial charge in [-0.3, -0.25) is 14.4 Å². The summed E-state index contributed by atoms with van der Waals surface area (Å²) in [6.45, 7) is -0.170. The molecule has 1 aliphatic heterocycles. The van der Waals surface area contributed by atoms with E-state index in [9.17, 15) is 28.0 Å². The zero-order valence-corrected chi connectivity index (χ0v) is 21.9. The Labute approximate surface area is 225 Å². The van der Waals surface area contributed by atoms with Crippen LogP contribution in [-0.2, 0) is 19.1 Å². The molecule has 2 aromatic rings. The molecule has 2 heterocycles. The van der Waals surface area contributed by atoms with Crippen LogP contribution in [0.3, 0.4) is 0 Å². The molecule has 3 N–H and O–H groups in total. The molecule has 0 aliphatic carbocycles. The van der Waals surface area contributed by atoms with Gasteiger partial charge in [-0.1, -0.05) is 11.6 Å². The number of amides is 4. The van der Waals surface area contributed by atoms with Crippen LogP contribution in [0, 0.1) is 0 Å². The SMILES string of the molecule is CC(C)OC(=O)N[C@@H](CNC(=O)c1ccc(Cl)s1)C(=O)Nc1ccc(N2CCOCC2=O)c(OC(F)F)c1. The normalized spacial score (nSPS) is 14.3. The van der Waals surface area contributed by atoms with Gasteiger partial charge in [0.05, 0.1) is 27.6 Å². The fourth-order valence-electron chi connectivity index (χ4n) is 3.33.